The molecule has 0 radical (unpaired) electrons. The maximum Gasteiger partial charge on any atom is 0.249 e. The summed E-state index contributed by atoms with van der Waals surface area (Å²) in [6.45, 7) is 5.15. The Morgan fingerprint density at radius 3 is 2.71 bits per heavy atom. The summed E-state index contributed by atoms with van der Waals surface area (Å²) in [7, 11) is 0. The maximum atomic E-state index is 12.2. The Hall–Kier alpha value is -1.39. The third kappa shape index (κ3) is 4.55. The molecule has 0 aromatic heterocycles. The van der Waals surface area contributed by atoms with Crippen molar-refractivity contribution in [3.63, 3.8) is 0 Å². The molecule has 0 aliphatic carbocycles. The third-order valence-electron chi connectivity index (χ3n) is 3.86. The summed E-state index contributed by atoms with van der Waals surface area (Å²) in [5.74, 6) is -0.0217. The molecule has 0 unspecified atom stereocenters. The van der Waals surface area contributed by atoms with E-state index >= 15 is 0 Å². The normalized spacial score (nSPS) is 23.0. The number of carbonyl (C=O) groups is 1. The van der Waals surface area contributed by atoms with Crippen LogP contribution in [0.4, 0.5) is 0 Å². The molecule has 1 N–H and O–H groups in total. The molecule has 1 aromatic rings. The number of ether oxygens (including phenoxy) is 2. The quantitative estimate of drug-likeness (QED) is 0.840. The highest BCUT2D eigenvalue weighted by atomic mass is 16.5. The molecule has 2 rings (SSSR count). The van der Waals surface area contributed by atoms with E-state index in [0.29, 0.717) is 13.2 Å². The minimum atomic E-state index is -0.298. The molecule has 0 spiro atoms. The van der Waals surface area contributed by atoms with E-state index < -0.39 is 0 Å². The summed E-state index contributed by atoms with van der Waals surface area (Å²) >= 11 is 0. The molecule has 1 heterocycles. The molecule has 0 bridgehead atoms. The minimum Gasteiger partial charge on any atom is -0.372 e. The SMILES string of the molecule is CCO[C@H](CNC(=O)[C@H]1CC[C@H](CC)O1)c1ccccc1. The summed E-state index contributed by atoms with van der Waals surface area (Å²) in [6.07, 6.45) is 2.58. The number of hydrogen-bond acceptors (Lipinski definition) is 3. The zero-order valence-electron chi connectivity index (χ0n) is 12.9. The number of nitrogens with one attached hydrogen (secondary N) is 1. The van der Waals surface area contributed by atoms with Gasteiger partial charge in [-0.25, -0.2) is 0 Å². The van der Waals surface area contributed by atoms with Crippen molar-refractivity contribution >= 4 is 5.91 Å². The van der Waals surface area contributed by atoms with Crippen LogP contribution < -0.4 is 5.32 Å². The summed E-state index contributed by atoms with van der Waals surface area (Å²) in [5, 5.41) is 2.96. The lowest BCUT2D eigenvalue weighted by molar-refractivity contribution is -0.132. The zero-order chi connectivity index (χ0) is 15.1. The van der Waals surface area contributed by atoms with Gasteiger partial charge in [0.25, 0.3) is 0 Å². The highest BCUT2D eigenvalue weighted by molar-refractivity contribution is 5.81. The molecule has 1 amide bonds. The standard InChI is InChI=1S/C17H25NO3/c1-3-14-10-11-15(21-14)17(19)18-12-16(20-4-2)13-8-6-5-7-9-13/h5-9,14-16H,3-4,10-12H2,1-2H3,(H,18,19)/t14-,15+,16+/m0/s1. The fraction of sp³-hybridized carbons (Fsp3) is 0.588. The Morgan fingerprint density at radius 2 is 2.10 bits per heavy atom. The summed E-state index contributed by atoms with van der Waals surface area (Å²) in [4.78, 5) is 12.2. The Morgan fingerprint density at radius 1 is 1.33 bits per heavy atom. The Bertz CT molecular complexity index is 435. The van der Waals surface area contributed by atoms with Gasteiger partial charge in [-0.15, -0.1) is 0 Å². The number of amides is 1. The van der Waals surface area contributed by atoms with Crippen LogP contribution in [0.5, 0.6) is 0 Å². The fourth-order valence-electron chi connectivity index (χ4n) is 2.65. The van der Waals surface area contributed by atoms with Gasteiger partial charge in [-0.3, -0.25) is 4.79 Å². The average Bonchev–Trinajstić information content (AvgIpc) is 3.01. The van der Waals surface area contributed by atoms with Gasteiger partial charge in [0, 0.05) is 13.2 Å². The lowest BCUT2D eigenvalue weighted by Gasteiger charge is -2.19. The molecular weight excluding hydrogens is 266 g/mol. The van der Waals surface area contributed by atoms with Gasteiger partial charge >= 0.3 is 0 Å². The van der Waals surface area contributed by atoms with Crippen molar-refractivity contribution in [2.45, 2.75) is 51.4 Å². The maximum absolute atomic E-state index is 12.2. The molecule has 1 aromatic carbocycles. The van der Waals surface area contributed by atoms with Crippen molar-refractivity contribution in [3.05, 3.63) is 35.9 Å². The first-order valence-electron chi connectivity index (χ1n) is 7.84. The van der Waals surface area contributed by atoms with Crippen molar-refractivity contribution < 1.29 is 14.3 Å². The van der Waals surface area contributed by atoms with Crippen molar-refractivity contribution in [2.75, 3.05) is 13.2 Å². The van der Waals surface area contributed by atoms with Crippen LogP contribution in [-0.2, 0) is 14.3 Å². The van der Waals surface area contributed by atoms with Gasteiger partial charge in [0.2, 0.25) is 5.91 Å². The lowest BCUT2D eigenvalue weighted by Crippen LogP contribution is -2.37. The predicted molar refractivity (Wildman–Crippen MR) is 82.0 cm³/mol. The number of hydrogen-bond donors (Lipinski definition) is 1. The Kier molecular flexibility index (Phi) is 6.21. The molecule has 1 saturated heterocycles. The Labute approximate surface area is 126 Å². The monoisotopic (exact) mass is 291 g/mol. The summed E-state index contributed by atoms with van der Waals surface area (Å²) < 4.78 is 11.4. The van der Waals surface area contributed by atoms with E-state index in [1.165, 1.54) is 0 Å². The molecule has 21 heavy (non-hydrogen) atoms. The van der Waals surface area contributed by atoms with E-state index in [2.05, 4.69) is 12.2 Å². The van der Waals surface area contributed by atoms with Gasteiger partial charge in [-0.1, -0.05) is 37.3 Å². The van der Waals surface area contributed by atoms with Crippen molar-refractivity contribution in [1.82, 2.24) is 5.32 Å². The molecule has 1 aliphatic heterocycles. The third-order valence-corrected chi connectivity index (χ3v) is 3.86. The van der Waals surface area contributed by atoms with Crippen LogP contribution in [0.2, 0.25) is 0 Å². The van der Waals surface area contributed by atoms with E-state index in [4.69, 9.17) is 9.47 Å². The van der Waals surface area contributed by atoms with Crippen molar-refractivity contribution in [3.8, 4) is 0 Å². The predicted octanol–water partition coefficient (Wildman–Crippen LogP) is 2.84. The molecule has 4 heteroatoms. The van der Waals surface area contributed by atoms with E-state index in [1.54, 1.807) is 0 Å². The smallest absolute Gasteiger partial charge is 0.249 e. The van der Waals surface area contributed by atoms with E-state index in [-0.39, 0.29) is 24.2 Å². The van der Waals surface area contributed by atoms with Gasteiger partial charge in [0.05, 0.1) is 12.2 Å². The Balaban J connectivity index is 1.86. The van der Waals surface area contributed by atoms with Gasteiger partial charge in [-0.2, -0.15) is 0 Å². The highest BCUT2D eigenvalue weighted by Crippen LogP contribution is 2.22. The van der Waals surface area contributed by atoms with E-state index in [9.17, 15) is 4.79 Å². The second-order valence-electron chi connectivity index (χ2n) is 5.33. The summed E-state index contributed by atoms with van der Waals surface area (Å²) in [5.41, 5.74) is 1.08. The molecule has 1 fully saturated rings. The molecule has 0 saturated carbocycles. The first-order valence-corrected chi connectivity index (χ1v) is 7.84. The summed E-state index contributed by atoms with van der Waals surface area (Å²) in [6, 6.07) is 9.98. The van der Waals surface area contributed by atoms with Gasteiger partial charge in [0.1, 0.15) is 6.10 Å². The van der Waals surface area contributed by atoms with Crippen LogP contribution in [0.15, 0.2) is 30.3 Å². The number of rotatable bonds is 7. The van der Waals surface area contributed by atoms with Gasteiger partial charge < -0.3 is 14.8 Å². The van der Waals surface area contributed by atoms with Crippen LogP contribution in [-0.4, -0.2) is 31.3 Å². The second-order valence-corrected chi connectivity index (χ2v) is 5.33. The van der Waals surface area contributed by atoms with Crippen molar-refractivity contribution in [1.29, 1.82) is 0 Å². The highest BCUT2D eigenvalue weighted by Gasteiger charge is 2.29. The molecule has 116 valence electrons. The van der Waals surface area contributed by atoms with Crippen LogP contribution >= 0.6 is 0 Å². The zero-order valence-corrected chi connectivity index (χ0v) is 12.9. The van der Waals surface area contributed by atoms with Gasteiger partial charge in [0.15, 0.2) is 0 Å². The number of benzene rings is 1. The van der Waals surface area contributed by atoms with Crippen LogP contribution in [0.3, 0.4) is 0 Å². The first kappa shape index (κ1) is 16.0. The first-order chi connectivity index (χ1) is 10.2. The van der Waals surface area contributed by atoms with Crippen molar-refractivity contribution in [2.24, 2.45) is 0 Å². The van der Waals surface area contributed by atoms with Crippen LogP contribution in [0.25, 0.3) is 0 Å². The van der Waals surface area contributed by atoms with E-state index in [1.807, 2.05) is 37.3 Å². The fourth-order valence-corrected chi connectivity index (χ4v) is 2.65. The van der Waals surface area contributed by atoms with E-state index in [0.717, 1.165) is 24.8 Å². The van der Waals surface area contributed by atoms with Gasteiger partial charge in [-0.05, 0) is 31.7 Å². The molecule has 3 atom stereocenters. The van der Waals surface area contributed by atoms with Crippen LogP contribution in [0.1, 0.15) is 44.8 Å². The average molecular weight is 291 g/mol. The second kappa shape index (κ2) is 8.15. The topological polar surface area (TPSA) is 47.6 Å². The minimum absolute atomic E-state index is 0.0217. The molecular formula is C17H25NO3. The van der Waals surface area contributed by atoms with Crippen LogP contribution in [0, 0.1) is 0 Å². The lowest BCUT2D eigenvalue weighted by atomic mass is 10.1. The molecule has 1 aliphatic rings. The largest absolute Gasteiger partial charge is 0.372 e. The molecule has 4 nitrogen and oxygen atoms in total. The number of carbonyl (C=O) groups excluding carboxylic acids is 1.